The van der Waals surface area contributed by atoms with Gasteiger partial charge >= 0.3 is 12.1 Å². The molecule has 2 aliphatic rings. The Labute approximate surface area is 189 Å². The predicted octanol–water partition coefficient (Wildman–Crippen LogP) is 4.62. The Balaban J connectivity index is 1.69. The quantitative estimate of drug-likeness (QED) is 0.225. The fraction of sp³-hybridized carbons (Fsp3) is 0.560. The fourth-order valence-corrected chi connectivity index (χ4v) is 5.19. The van der Waals surface area contributed by atoms with Crippen LogP contribution in [0.1, 0.15) is 50.5 Å². The summed E-state index contributed by atoms with van der Waals surface area (Å²) in [6, 6.07) is 7.22. The maximum Gasteiger partial charge on any atom is 0.508 e. The van der Waals surface area contributed by atoms with Gasteiger partial charge in [0.25, 0.3) is 0 Å². The van der Waals surface area contributed by atoms with Crippen molar-refractivity contribution < 1.29 is 33.3 Å². The minimum atomic E-state index is -0.832. The highest BCUT2D eigenvalue weighted by Gasteiger charge is 2.62. The van der Waals surface area contributed by atoms with Crippen LogP contribution >= 0.6 is 0 Å². The smallest absolute Gasteiger partial charge is 0.497 e. The highest BCUT2D eigenvalue weighted by Crippen LogP contribution is 2.57. The highest BCUT2D eigenvalue weighted by atomic mass is 16.7. The summed E-state index contributed by atoms with van der Waals surface area (Å²) in [6.45, 7) is 3.84. The number of Topliss-reactive ketones (excluding diaryl/α,β-unsaturated/α-hetero) is 1. The van der Waals surface area contributed by atoms with E-state index in [0.717, 1.165) is 24.8 Å². The van der Waals surface area contributed by atoms with Crippen LogP contribution in [0.5, 0.6) is 5.75 Å². The average molecular weight is 445 g/mol. The van der Waals surface area contributed by atoms with Crippen LogP contribution in [-0.4, -0.2) is 38.2 Å². The lowest BCUT2D eigenvalue weighted by Gasteiger charge is -2.29. The SMILES string of the molecule is C=CCCCC[C@]12CC[C@H](OC(=O)OC)[C@H]1CC(C(=O)OCc1ccc(OC)cc1)C2=O. The van der Waals surface area contributed by atoms with Crippen molar-refractivity contribution in [1.29, 1.82) is 0 Å². The average Bonchev–Trinajstić information content (AvgIpc) is 3.30. The van der Waals surface area contributed by atoms with Gasteiger partial charge < -0.3 is 18.9 Å². The molecule has 0 bridgehead atoms. The number of ether oxygens (including phenoxy) is 4. The molecule has 4 atom stereocenters. The molecule has 2 saturated carbocycles. The maximum absolute atomic E-state index is 13.5. The molecule has 32 heavy (non-hydrogen) atoms. The number of hydrogen-bond acceptors (Lipinski definition) is 7. The first-order chi connectivity index (χ1) is 15.4. The van der Waals surface area contributed by atoms with E-state index < -0.39 is 29.6 Å². The number of unbranched alkanes of at least 4 members (excludes halogenated alkanes) is 2. The fourth-order valence-electron chi connectivity index (χ4n) is 5.19. The molecular weight excluding hydrogens is 412 g/mol. The van der Waals surface area contributed by atoms with Crippen molar-refractivity contribution in [2.24, 2.45) is 17.3 Å². The van der Waals surface area contributed by atoms with E-state index in [-0.39, 0.29) is 18.3 Å². The second kappa shape index (κ2) is 10.7. The van der Waals surface area contributed by atoms with E-state index in [0.29, 0.717) is 31.4 Å². The van der Waals surface area contributed by atoms with Crippen LogP contribution in [0.3, 0.4) is 0 Å². The Morgan fingerprint density at radius 1 is 1.19 bits per heavy atom. The molecule has 2 aliphatic carbocycles. The lowest BCUT2D eigenvalue weighted by atomic mass is 9.74. The number of methoxy groups -OCH3 is 2. The molecule has 7 nitrogen and oxygen atoms in total. The molecular formula is C25H32O7. The van der Waals surface area contributed by atoms with Crippen molar-refractivity contribution >= 4 is 17.9 Å². The number of benzene rings is 1. The number of esters is 1. The number of rotatable bonds is 10. The summed E-state index contributed by atoms with van der Waals surface area (Å²) in [4.78, 5) is 38.1. The molecule has 0 heterocycles. The third kappa shape index (κ3) is 4.97. The van der Waals surface area contributed by atoms with E-state index in [4.69, 9.17) is 14.2 Å². The normalized spacial score (nSPS) is 26.3. The van der Waals surface area contributed by atoms with E-state index in [2.05, 4.69) is 11.3 Å². The van der Waals surface area contributed by atoms with Crippen molar-refractivity contribution in [2.75, 3.05) is 14.2 Å². The number of carbonyl (C=O) groups excluding carboxylic acids is 3. The van der Waals surface area contributed by atoms with Crippen LogP contribution in [0.2, 0.25) is 0 Å². The minimum absolute atomic E-state index is 0.0724. The summed E-state index contributed by atoms with van der Waals surface area (Å²) in [5.41, 5.74) is 0.166. The molecule has 0 aromatic heterocycles. The third-order valence-electron chi connectivity index (χ3n) is 6.85. The van der Waals surface area contributed by atoms with Crippen LogP contribution in [0.15, 0.2) is 36.9 Å². The number of allylic oxidation sites excluding steroid dienone is 1. The van der Waals surface area contributed by atoms with Crippen LogP contribution in [0.25, 0.3) is 0 Å². The molecule has 1 aromatic rings. The van der Waals surface area contributed by atoms with E-state index in [9.17, 15) is 14.4 Å². The van der Waals surface area contributed by atoms with Gasteiger partial charge in [-0.15, -0.1) is 6.58 Å². The van der Waals surface area contributed by atoms with Crippen molar-refractivity contribution in [3.8, 4) is 5.75 Å². The molecule has 1 aromatic carbocycles. The zero-order chi connectivity index (χ0) is 23.1. The van der Waals surface area contributed by atoms with E-state index in [1.165, 1.54) is 7.11 Å². The molecule has 0 radical (unpaired) electrons. The monoisotopic (exact) mass is 444 g/mol. The molecule has 0 N–H and O–H groups in total. The standard InChI is InChI=1S/C25H32O7/c1-4-5-6-7-13-25-14-12-21(32-24(28)30-3)20(25)15-19(22(25)26)23(27)31-16-17-8-10-18(29-2)11-9-17/h4,8-11,19-21H,1,5-7,12-16H2,2-3H3/t19?,20-,21+,25+/m1/s1. The van der Waals surface area contributed by atoms with Crippen molar-refractivity contribution in [1.82, 2.24) is 0 Å². The van der Waals surface area contributed by atoms with Gasteiger partial charge in [-0.05, 0) is 56.2 Å². The van der Waals surface area contributed by atoms with Crippen LogP contribution in [0, 0.1) is 17.3 Å². The number of ketones is 1. The topological polar surface area (TPSA) is 88.1 Å². The van der Waals surface area contributed by atoms with Gasteiger partial charge in [-0.1, -0.05) is 24.6 Å². The van der Waals surface area contributed by atoms with E-state index >= 15 is 0 Å². The Bertz CT molecular complexity index is 831. The zero-order valence-corrected chi connectivity index (χ0v) is 18.8. The number of hydrogen-bond donors (Lipinski definition) is 0. The highest BCUT2D eigenvalue weighted by molar-refractivity contribution is 6.04. The van der Waals surface area contributed by atoms with Gasteiger partial charge in [0.05, 0.1) is 14.2 Å². The molecule has 0 spiro atoms. The van der Waals surface area contributed by atoms with Crippen LogP contribution in [-0.2, 0) is 30.4 Å². The van der Waals surface area contributed by atoms with E-state index in [1.54, 1.807) is 19.2 Å². The predicted molar refractivity (Wildman–Crippen MR) is 117 cm³/mol. The summed E-state index contributed by atoms with van der Waals surface area (Å²) >= 11 is 0. The van der Waals surface area contributed by atoms with Gasteiger partial charge in [0.15, 0.2) is 5.78 Å². The number of fused-ring (bicyclic) bond motifs is 1. The molecule has 3 rings (SSSR count). The van der Waals surface area contributed by atoms with Crippen LogP contribution in [0.4, 0.5) is 4.79 Å². The van der Waals surface area contributed by atoms with Crippen molar-refractivity contribution in [3.63, 3.8) is 0 Å². The maximum atomic E-state index is 13.5. The second-order valence-electron chi connectivity index (χ2n) is 8.55. The molecule has 7 heteroatoms. The molecule has 1 unspecified atom stereocenters. The molecule has 0 aliphatic heterocycles. The first-order valence-electron chi connectivity index (χ1n) is 11.1. The molecule has 2 fully saturated rings. The minimum Gasteiger partial charge on any atom is -0.497 e. The van der Waals surface area contributed by atoms with Gasteiger partial charge in [0.2, 0.25) is 0 Å². The summed E-state index contributed by atoms with van der Waals surface area (Å²) < 4.78 is 20.7. The summed E-state index contributed by atoms with van der Waals surface area (Å²) in [5, 5.41) is 0. The van der Waals surface area contributed by atoms with Crippen LogP contribution < -0.4 is 4.74 Å². The first-order valence-corrected chi connectivity index (χ1v) is 11.1. The van der Waals surface area contributed by atoms with Crippen molar-refractivity contribution in [3.05, 3.63) is 42.5 Å². The molecule has 174 valence electrons. The number of carbonyl (C=O) groups is 3. The lowest BCUT2D eigenvalue weighted by molar-refractivity contribution is -0.153. The Morgan fingerprint density at radius 2 is 1.94 bits per heavy atom. The summed E-state index contributed by atoms with van der Waals surface area (Å²) in [5.74, 6) is -0.897. The van der Waals surface area contributed by atoms with Gasteiger partial charge in [0, 0.05) is 11.3 Å². The zero-order valence-electron chi connectivity index (χ0n) is 18.8. The lowest BCUT2D eigenvalue weighted by Crippen LogP contribution is -2.34. The largest absolute Gasteiger partial charge is 0.508 e. The Morgan fingerprint density at radius 3 is 2.59 bits per heavy atom. The summed E-state index contributed by atoms with van der Waals surface area (Å²) in [7, 11) is 2.85. The molecule has 0 amide bonds. The molecule has 0 saturated heterocycles. The van der Waals surface area contributed by atoms with Gasteiger partial charge in [-0.25, -0.2) is 4.79 Å². The first kappa shape index (κ1) is 23.8. The third-order valence-corrected chi connectivity index (χ3v) is 6.85. The Hall–Kier alpha value is -2.83. The summed E-state index contributed by atoms with van der Waals surface area (Å²) in [6.07, 6.45) is 5.56. The van der Waals surface area contributed by atoms with Gasteiger partial charge in [-0.2, -0.15) is 0 Å². The second-order valence-corrected chi connectivity index (χ2v) is 8.55. The van der Waals surface area contributed by atoms with Crippen molar-refractivity contribution in [2.45, 2.75) is 57.7 Å². The van der Waals surface area contributed by atoms with Gasteiger partial charge in [0.1, 0.15) is 24.4 Å². The van der Waals surface area contributed by atoms with Gasteiger partial charge in [-0.3, -0.25) is 9.59 Å². The van der Waals surface area contributed by atoms with E-state index in [1.807, 2.05) is 18.2 Å². The Kier molecular flexibility index (Phi) is 7.94.